The van der Waals surface area contributed by atoms with Crippen molar-refractivity contribution in [1.29, 1.82) is 0 Å². The molecule has 4 rings (SSSR count). The number of hydrogen-bond acceptors (Lipinski definition) is 5. The minimum atomic E-state index is -0.260. The zero-order valence-corrected chi connectivity index (χ0v) is 16.9. The van der Waals surface area contributed by atoms with E-state index >= 15 is 0 Å². The Labute approximate surface area is 174 Å². The molecule has 154 valence electrons. The van der Waals surface area contributed by atoms with Gasteiger partial charge in [0.05, 0.1) is 19.2 Å². The summed E-state index contributed by atoms with van der Waals surface area (Å²) in [5.74, 6) is 2.06. The molecule has 8 heteroatoms. The van der Waals surface area contributed by atoms with Gasteiger partial charge in [-0.3, -0.25) is 14.3 Å². The lowest BCUT2D eigenvalue weighted by Crippen LogP contribution is -2.17. The van der Waals surface area contributed by atoms with E-state index in [1.807, 2.05) is 12.1 Å². The molecule has 0 spiro atoms. The summed E-state index contributed by atoms with van der Waals surface area (Å²) in [6, 6.07) is 13.9. The molecule has 0 unspecified atom stereocenters. The first kappa shape index (κ1) is 19.6. The van der Waals surface area contributed by atoms with Crippen LogP contribution in [0.25, 0.3) is 0 Å². The van der Waals surface area contributed by atoms with Crippen LogP contribution in [0.2, 0.25) is 0 Å². The Hall–Kier alpha value is -3.68. The molecule has 0 bridgehead atoms. The molecular formula is C22H23N5O3. The first-order valence-corrected chi connectivity index (χ1v) is 9.77. The third kappa shape index (κ3) is 4.48. The molecule has 3 aromatic rings. The molecule has 2 N–H and O–H groups in total. The summed E-state index contributed by atoms with van der Waals surface area (Å²) in [5, 5.41) is 10.0. The first-order chi connectivity index (χ1) is 14.5. The van der Waals surface area contributed by atoms with Gasteiger partial charge >= 0.3 is 0 Å². The summed E-state index contributed by atoms with van der Waals surface area (Å²) in [5.41, 5.74) is 1.68. The Morgan fingerprint density at radius 3 is 2.53 bits per heavy atom. The molecule has 30 heavy (non-hydrogen) atoms. The number of carbonyl (C=O) groups is 2. The topological polar surface area (TPSA) is 98.1 Å². The van der Waals surface area contributed by atoms with Gasteiger partial charge in [0.25, 0.3) is 5.91 Å². The molecule has 0 aliphatic heterocycles. The first-order valence-electron chi connectivity index (χ1n) is 9.77. The van der Waals surface area contributed by atoms with Crippen molar-refractivity contribution in [3.05, 3.63) is 65.7 Å². The van der Waals surface area contributed by atoms with Gasteiger partial charge in [-0.25, -0.2) is 4.98 Å². The predicted octanol–water partition coefficient (Wildman–Crippen LogP) is 3.13. The summed E-state index contributed by atoms with van der Waals surface area (Å²) in [6.45, 7) is 0. The maximum Gasteiger partial charge on any atom is 0.255 e. The molecular weight excluding hydrogens is 382 g/mol. The fraction of sp³-hybridized carbons (Fsp3) is 0.273. The molecule has 0 saturated heterocycles. The highest BCUT2D eigenvalue weighted by Gasteiger charge is 2.28. The van der Waals surface area contributed by atoms with Crippen molar-refractivity contribution < 1.29 is 14.3 Å². The van der Waals surface area contributed by atoms with Crippen molar-refractivity contribution in [1.82, 2.24) is 14.8 Å². The van der Waals surface area contributed by atoms with Crippen LogP contribution in [0.1, 0.15) is 40.8 Å². The molecule has 1 aliphatic rings. The van der Waals surface area contributed by atoms with E-state index in [1.54, 1.807) is 55.2 Å². The van der Waals surface area contributed by atoms with Gasteiger partial charge in [-0.1, -0.05) is 12.1 Å². The van der Waals surface area contributed by atoms with Crippen molar-refractivity contribution in [3.8, 4) is 5.75 Å². The second kappa shape index (κ2) is 8.36. The number of aryl methyl sites for hydroxylation is 1. The van der Waals surface area contributed by atoms with E-state index in [1.165, 1.54) is 0 Å². The number of amides is 2. The second-order valence-electron chi connectivity index (χ2n) is 7.24. The van der Waals surface area contributed by atoms with E-state index in [0.29, 0.717) is 34.4 Å². The fourth-order valence-corrected chi connectivity index (χ4v) is 3.10. The number of nitrogens with one attached hydrogen (secondary N) is 2. The molecule has 1 aliphatic carbocycles. The number of ether oxygens (including phenoxy) is 1. The van der Waals surface area contributed by atoms with Crippen LogP contribution in [0.15, 0.2) is 48.5 Å². The van der Waals surface area contributed by atoms with Gasteiger partial charge in [0.2, 0.25) is 5.91 Å². The standard InChI is InChI=1S/C22H23N5O3/c1-27-19(25-21(26-27)14-7-8-14)13-20(28)23-16-11-9-15(10-12-16)22(29)24-17-5-3-4-6-18(17)30-2/h3-6,9-12,14H,7-8,13H2,1-2H3,(H,23,28)(H,24,29). The van der Waals surface area contributed by atoms with E-state index in [0.717, 1.165) is 18.7 Å². The van der Waals surface area contributed by atoms with Crippen LogP contribution in [-0.4, -0.2) is 33.7 Å². The van der Waals surface area contributed by atoms with Gasteiger partial charge in [0.15, 0.2) is 5.82 Å². The largest absolute Gasteiger partial charge is 0.495 e. The van der Waals surface area contributed by atoms with Crippen LogP contribution in [-0.2, 0) is 18.3 Å². The SMILES string of the molecule is COc1ccccc1NC(=O)c1ccc(NC(=O)Cc2nc(C3CC3)nn2C)cc1. The van der Waals surface area contributed by atoms with Gasteiger partial charge in [0.1, 0.15) is 11.6 Å². The Bertz CT molecular complexity index is 1070. The van der Waals surface area contributed by atoms with Crippen LogP contribution >= 0.6 is 0 Å². The third-order valence-corrected chi connectivity index (χ3v) is 4.92. The zero-order chi connectivity index (χ0) is 21.1. The van der Waals surface area contributed by atoms with Gasteiger partial charge in [-0.15, -0.1) is 0 Å². The second-order valence-corrected chi connectivity index (χ2v) is 7.24. The van der Waals surface area contributed by atoms with Gasteiger partial charge in [0, 0.05) is 24.2 Å². The van der Waals surface area contributed by atoms with Crippen LogP contribution in [0, 0.1) is 0 Å². The number of aromatic nitrogens is 3. The maximum absolute atomic E-state index is 12.5. The van der Waals surface area contributed by atoms with Crippen molar-refractivity contribution in [2.45, 2.75) is 25.2 Å². The normalized spacial score (nSPS) is 13.0. The van der Waals surface area contributed by atoms with Crippen molar-refractivity contribution in [2.24, 2.45) is 7.05 Å². The van der Waals surface area contributed by atoms with E-state index in [2.05, 4.69) is 20.7 Å². The minimum absolute atomic E-state index is 0.145. The van der Waals surface area contributed by atoms with E-state index in [9.17, 15) is 9.59 Å². The number of methoxy groups -OCH3 is 1. The zero-order valence-electron chi connectivity index (χ0n) is 16.9. The molecule has 8 nitrogen and oxygen atoms in total. The van der Waals surface area contributed by atoms with Gasteiger partial charge in [-0.2, -0.15) is 5.10 Å². The number of para-hydroxylation sites is 2. The number of benzene rings is 2. The minimum Gasteiger partial charge on any atom is -0.495 e. The summed E-state index contributed by atoms with van der Waals surface area (Å²) < 4.78 is 6.91. The maximum atomic E-state index is 12.5. The molecule has 1 saturated carbocycles. The van der Waals surface area contributed by atoms with Crippen LogP contribution in [0.5, 0.6) is 5.75 Å². The average molecular weight is 405 g/mol. The van der Waals surface area contributed by atoms with Crippen molar-refractivity contribution in [3.63, 3.8) is 0 Å². The predicted molar refractivity (Wildman–Crippen MR) is 113 cm³/mol. The van der Waals surface area contributed by atoms with Crippen LogP contribution < -0.4 is 15.4 Å². The Morgan fingerprint density at radius 2 is 1.83 bits per heavy atom. The fourth-order valence-electron chi connectivity index (χ4n) is 3.10. The van der Waals surface area contributed by atoms with Gasteiger partial charge < -0.3 is 15.4 Å². The van der Waals surface area contributed by atoms with E-state index < -0.39 is 0 Å². The molecule has 0 atom stereocenters. The molecule has 1 aromatic heterocycles. The molecule has 0 radical (unpaired) electrons. The Kier molecular flexibility index (Phi) is 5.47. The summed E-state index contributed by atoms with van der Waals surface area (Å²) in [4.78, 5) is 29.3. The van der Waals surface area contributed by atoms with E-state index in [-0.39, 0.29) is 18.2 Å². The lowest BCUT2D eigenvalue weighted by atomic mass is 10.2. The summed E-state index contributed by atoms with van der Waals surface area (Å²) >= 11 is 0. The smallest absolute Gasteiger partial charge is 0.255 e. The molecule has 1 heterocycles. The highest BCUT2D eigenvalue weighted by atomic mass is 16.5. The highest BCUT2D eigenvalue weighted by molar-refractivity contribution is 6.05. The number of anilines is 2. The average Bonchev–Trinajstić information content (AvgIpc) is 3.53. The Morgan fingerprint density at radius 1 is 1.10 bits per heavy atom. The van der Waals surface area contributed by atoms with Crippen LogP contribution in [0.4, 0.5) is 11.4 Å². The highest BCUT2D eigenvalue weighted by Crippen LogP contribution is 2.38. The van der Waals surface area contributed by atoms with Crippen LogP contribution in [0.3, 0.4) is 0 Å². The number of hydrogen-bond donors (Lipinski definition) is 2. The Balaban J connectivity index is 1.36. The molecule has 2 aromatic carbocycles. The lowest BCUT2D eigenvalue weighted by molar-refractivity contribution is -0.115. The third-order valence-electron chi connectivity index (χ3n) is 4.92. The van der Waals surface area contributed by atoms with Crippen molar-refractivity contribution >= 4 is 23.2 Å². The number of nitrogens with zero attached hydrogens (tertiary/aromatic N) is 3. The monoisotopic (exact) mass is 405 g/mol. The molecule has 2 amide bonds. The lowest BCUT2D eigenvalue weighted by Gasteiger charge is -2.10. The van der Waals surface area contributed by atoms with Gasteiger partial charge in [-0.05, 0) is 49.2 Å². The summed E-state index contributed by atoms with van der Waals surface area (Å²) in [6.07, 6.45) is 2.38. The molecule has 1 fully saturated rings. The van der Waals surface area contributed by atoms with Crippen molar-refractivity contribution in [2.75, 3.05) is 17.7 Å². The number of rotatable bonds is 7. The number of carbonyl (C=O) groups excluding carboxylic acids is 2. The summed E-state index contributed by atoms with van der Waals surface area (Å²) in [7, 11) is 3.35. The van der Waals surface area contributed by atoms with E-state index in [4.69, 9.17) is 4.74 Å². The quantitative estimate of drug-likeness (QED) is 0.629.